The number of benzene rings is 1. The van der Waals surface area contributed by atoms with Gasteiger partial charge in [0.1, 0.15) is 5.82 Å². The molecule has 0 unspecified atom stereocenters. The number of carbonyl (C=O) groups excluding carboxylic acids is 1. The number of pyridine rings is 1. The Bertz CT molecular complexity index is 805. The molecular weight excluding hydrogens is 404 g/mol. The predicted molar refractivity (Wildman–Crippen MR) is 89.0 cm³/mol. The summed E-state index contributed by atoms with van der Waals surface area (Å²) in [5.74, 6) is -0.315. The third-order valence-electron chi connectivity index (χ3n) is 2.95. The molecule has 0 bridgehead atoms. The summed E-state index contributed by atoms with van der Waals surface area (Å²) in [7, 11) is 1.48. The van der Waals surface area contributed by atoms with E-state index in [-0.39, 0.29) is 22.8 Å². The van der Waals surface area contributed by atoms with E-state index in [1.54, 1.807) is 13.0 Å². The van der Waals surface area contributed by atoms with Crippen LogP contribution in [0.25, 0.3) is 0 Å². The van der Waals surface area contributed by atoms with Crippen LogP contribution in [0.5, 0.6) is 5.75 Å². The van der Waals surface area contributed by atoms with Crippen molar-refractivity contribution in [1.29, 1.82) is 0 Å². The van der Waals surface area contributed by atoms with E-state index in [2.05, 4.69) is 5.32 Å². The lowest BCUT2D eigenvalue weighted by Gasteiger charge is -2.16. The van der Waals surface area contributed by atoms with Gasteiger partial charge >= 0.3 is 6.09 Å². The van der Waals surface area contributed by atoms with Gasteiger partial charge in [0.15, 0.2) is 11.6 Å². The van der Waals surface area contributed by atoms with Gasteiger partial charge in [0, 0.05) is 16.2 Å². The third-order valence-corrected chi connectivity index (χ3v) is 3.62. The molecule has 0 aliphatic rings. The molecule has 1 aromatic carbocycles. The van der Waals surface area contributed by atoms with E-state index < -0.39 is 11.9 Å². The van der Waals surface area contributed by atoms with Crippen LogP contribution in [-0.4, -0.2) is 10.7 Å². The lowest BCUT2D eigenvalue weighted by molar-refractivity contribution is 0.211. The Morgan fingerprint density at radius 3 is 2.68 bits per heavy atom. The van der Waals surface area contributed by atoms with Gasteiger partial charge in [0.05, 0.1) is 5.69 Å². The number of nitrogens with two attached hydrogens (primary N) is 1. The van der Waals surface area contributed by atoms with Crippen LogP contribution < -0.4 is 21.3 Å². The Labute approximate surface area is 139 Å². The first kappa shape index (κ1) is 16.3. The second-order valence-corrected chi connectivity index (χ2v) is 5.82. The summed E-state index contributed by atoms with van der Waals surface area (Å²) < 4.78 is 20.8. The summed E-state index contributed by atoms with van der Waals surface area (Å²) in [6.07, 6.45) is -1.02. The number of primary amides is 1. The second-order valence-electron chi connectivity index (χ2n) is 4.57. The molecule has 6 nitrogen and oxygen atoms in total. The molecule has 0 aliphatic carbocycles. The summed E-state index contributed by atoms with van der Waals surface area (Å²) in [4.78, 5) is 23.0. The van der Waals surface area contributed by atoms with Crippen molar-refractivity contribution >= 4 is 40.2 Å². The number of aryl methyl sites for hydroxylation is 1. The minimum atomic E-state index is -1.02. The van der Waals surface area contributed by atoms with Crippen LogP contribution >= 0.6 is 22.6 Å². The average molecular weight is 417 g/mol. The van der Waals surface area contributed by atoms with Gasteiger partial charge in [-0.2, -0.15) is 0 Å². The quantitative estimate of drug-likeness (QED) is 0.753. The van der Waals surface area contributed by atoms with Gasteiger partial charge in [0.2, 0.25) is 0 Å². The van der Waals surface area contributed by atoms with E-state index in [9.17, 15) is 14.0 Å². The minimum absolute atomic E-state index is 0.0463. The maximum atomic E-state index is 14.0. The number of hydrogen-bond donors (Lipinski definition) is 2. The van der Waals surface area contributed by atoms with E-state index in [1.807, 2.05) is 22.6 Å². The molecular formula is C14H13FIN3O3. The number of hydrogen-bond acceptors (Lipinski definition) is 4. The number of nitrogens with zero attached hydrogens (tertiary/aromatic N) is 1. The zero-order valence-corrected chi connectivity index (χ0v) is 14.0. The van der Waals surface area contributed by atoms with Crippen molar-refractivity contribution in [2.24, 2.45) is 12.8 Å². The van der Waals surface area contributed by atoms with Crippen LogP contribution in [0.4, 0.5) is 20.7 Å². The summed E-state index contributed by atoms with van der Waals surface area (Å²) in [5, 5.41) is 2.76. The molecule has 8 heteroatoms. The number of nitrogens with one attached hydrogen (secondary N) is 1. The molecule has 2 rings (SSSR count). The molecule has 22 heavy (non-hydrogen) atoms. The highest BCUT2D eigenvalue weighted by atomic mass is 127. The van der Waals surface area contributed by atoms with E-state index in [0.29, 0.717) is 5.56 Å². The van der Waals surface area contributed by atoms with Gasteiger partial charge in [-0.25, -0.2) is 9.18 Å². The normalized spacial score (nSPS) is 10.4. The fourth-order valence-corrected chi connectivity index (χ4v) is 2.36. The number of anilines is 2. The molecule has 0 atom stereocenters. The van der Waals surface area contributed by atoms with Gasteiger partial charge < -0.3 is 15.8 Å². The van der Waals surface area contributed by atoms with Crippen molar-refractivity contribution in [2.75, 3.05) is 5.32 Å². The maximum absolute atomic E-state index is 14.0. The highest BCUT2D eigenvalue weighted by molar-refractivity contribution is 14.1. The maximum Gasteiger partial charge on any atom is 0.410 e. The lowest BCUT2D eigenvalue weighted by Crippen LogP contribution is -2.25. The van der Waals surface area contributed by atoms with E-state index >= 15 is 0 Å². The van der Waals surface area contributed by atoms with Gasteiger partial charge in [-0.15, -0.1) is 0 Å². The Morgan fingerprint density at radius 2 is 2.09 bits per heavy atom. The first-order valence-electron chi connectivity index (χ1n) is 6.19. The van der Waals surface area contributed by atoms with Crippen LogP contribution in [-0.2, 0) is 7.05 Å². The first-order chi connectivity index (χ1) is 10.3. The van der Waals surface area contributed by atoms with Crippen molar-refractivity contribution in [3.63, 3.8) is 0 Å². The molecule has 1 heterocycles. The molecule has 0 aliphatic heterocycles. The van der Waals surface area contributed by atoms with Crippen molar-refractivity contribution in [1.82, 2.24) is 4.57 Å². The molecule has 0 spiro atoms. The number of amides is 1. The lowest BCUT2D eigenvalue weighted by atomic mass is 10.2. The van der Waals surface area contributed by atoms with Crippen LogP contribution in [0.1, 0.15) is 5.56 Å². The summed E-state index contributed by atoms with van der Waals surface area (Å²) in [6.45, 7) is 1.57. The topological polar surface area (TPSA) is 86.3 Å². The largest absolute Gasteiger partial charge is 0.410 e. The van der Waals surface area contributed by atoms with E-state index in [0.717, 1.165) is 3.57 Å². The Balaban J connectivity index is 2.55. The van der Waals surface area contributed by atoms with Gasteiger partial charge in [-0.3, -0.25) is 9.36 Å². The second kappa shape index (κ2) is 6.34. The fourth-order valence-electron chi connectivity index (χ4n) is 1.91. The van der Waals surface area contributed by atoms with Crippen LogP contribution in [0, 0.1) is 16.3 Å². The molecule has 1 amide bonds. The average Bonchev–Trinajstić information content (AvgIpc) is 2.42. The predicted octanol–water partition coefficient (Wildman–Crippen LogP) is 2.64. The smallest absolute Gasteiger partial charge is 0.407 e. The molecule has 0 radical (unpaired) electrons. The zero-order chi connectivity index (χ0) is 16.4. The number of aromatic nitrogens is 1. The van der Waals surface area contributed by atoms with Crippen molar-refractivity contribution in [3.05, 3.63) is 49.6 Å². The van der Waals surface area contributed by atoms with Crippen molar-refractivity contribution in [2.45, 2.75) is 6.92 Å². The molecule has 0 saturated heterocycles. The van der Waals surface area contributed by atoms with Gasteiger partial charge in [-0.05, 0) is 53.8 Å². The molecule has 0 fully saturated rings. The van der Waals surface area contributed by atoms with Crippen molar-refractivity contribution < 1.29 is 13.9 Å². The number of carbonyl (C=O) groups is 1. The van der Waals surface area contributed by atoms with Crippen LogP contribution in [0.15, 0.2) is 29.1 Å². The number of rotatable bonds is 3. The summed E-state index contributed by atoms with van der Waals surface area (Å²) >= 11 is 1.98. The number of halogens is 2. The Hall–Kier alpha value is -2.10. The van der Waals surface area contributed by atoms with Crippen molar-refractivity contribution in [3.8, 4) is 5.75 Å². The highest BCUT2D eigenvalue weighted by Gasteiger charge is 2.15. The number of ether oxygens (including phenoxy) is 1. The van der Waals surface area contributed by atoms with E-state index in [1.165, 1.54) is 29.8 Å². The third kappa shape index (κ3) is 3.38. The zero-order valence-electron chi connectivity index (χ0n) is 11.8. The Kier molecular flexibility index (Phi) is 4.69. The molecule has 116 valence electrons. The molecule has 3 N–H and O–H groups in total. The summed E-state index contributed by atoms with van der Waals surface area (Å²) in [5.41, 5.74) is 5.24. The van der Waals surface area contributed by atoms with Crippen LogP contribution in [0.2, 0.25) is 0 Å². The summed E-state index contributed by atoms with van der Waals surface area (Å²) in [6, 6.07) is 5.94. The molecule has 2 aromatic rings. The molecule has 0 saturated carbocycles. The fraction of sp³-hybridized carbons (Fsp3) is 0.143. The Morgan fingerprint density at radius 1 is 1.41 bits per heavy atom. The van der Waals surface area contributed by atoms with E-state index in [4.69, 9.17) is 10.5 Å². The standard InChI is InChI=1S/C14H13FIN3O3/c1-7-5-11(22-14(17)21)12(19(2)13(7)20)18-10-4-3-8(16)6-9(10)15/h3-6,18H,1-2H3,(H2,17,21). The monoisotopic (exact) mass is 417 g/mol. The van der Waals surface area contributed by atoms with Gasteiger partial charge in [-0.1, -0.05) is 0 Å². The van der Waals surface area contributed by atoms with Gasteiger partial charge in [0.25, 0.3) is 5.56 Å². The first-order valence-corrected chi connectivity index (χ1v) is 7.27. The minimum Gasteiger partial charge on any atom is -0.407 e. The van der Waals surface area contributed by atoms with Crippen LogP contribution in [0.3, 0.4) is 0 Å². The highest BCUT2D eigenvalue weighted by Crippen LogP contribution is 2.28. The molecule has 1 aromatic heterocycles. The SMILES string of the molecule is Cc1cc(OC(N)=O)c(Nc2ccc(I)cc2F)n(C)c1=O.